The maximum Gasteiger partial charge on any atom is 0.231 e. The van der Waals surface area contributed by atoms with Crippen LogP contribution in [0.4, 0.5) is 0 Å². The summed E-state index contributed by atoms with van der Waals surface area (Å²) in [5.74, 6) is 2.85. The molecule has 0 spiro atoms. The zero-order chi connectivity index (χ0) is 30.1. The predicted molar refractivity (Wildman–Crippen MR) is 165 cm³/mol. The van der Waals surface area contributed by atoms with Gasteiger partial charge in [-0.25, -0.2) is 0 Å². The quantitative estimate of drug-likeness (QED) is 0.277. The van der Waals surface area contributed by atoms with Crippen LogP contribution in [0, 0.1) is 45.3 Å². The molecule has 10 atom stereocenters. The third-order valence-electron chi connectivity index (χ3n) is 14.2. The topological polar surface area (TPSA) is 91.2 Å². The largest absolute Gasteiger partial charge is 0.454 e. The van der Waals surface area contributed by atoms with Crippen LogP contribution in [0.1, 0.15) is 105 Å². The van der Waals surface area contributed by atoms with Gasteiger partial charge < -0.3 is 30.1 Å². The zero-order valence-electron chi connectivity index (χ0n) is 27.0. The number of hydrogen-bond acceptors (Lipinski definition) is 6. The summed E-state index contributed by atoms with van der Waals surface area (Å²) in [4.78, 5) is 0. The van der Waals surface area contributed by atoms with E-state index in [4.69, 9.17) is 9.47 Å². The molecule has 0 aromatic heterocycles. The van der Waals surface area contributed by atoms with Crippen molar-refractivity contribution < 1.29 is 24.8 Å². The molecule has 0 radical (unpaired) electrons. The van der Waals surface area contributed by atoms with Crippen LogP contribution >= 0.6 is 0 Å². The monoisotopic (exact) mass is 583 g/mol. The van der Waals surface area contributed by atoms with Crippen LogP contribution in [0.3, 0.4) is 0 Å². The van der Waals surface area contributed by atoms with Crippen LogP contribution in [0.2, 0.25) is 0 Å². The Morgan fingerprint density at radius 1 is 0.905 bits per heavy atom. The fourth-order valence-corrected chi connectivity index (χ4v) is 11.7. The molecule has 6 nitrogen and oxygen atoms in total. The van der Waals surface area contributed by atoms with Gasteiger partial charge >= 0.3 is 0 Å². The second kappa shape index (κ2) is 10.6. The van der Waals surface area contributed by atoms with Gasteiger partial charge in [0, 0.05) is 0 Å². The van der Waals surface area contributed by atoms with Gasteiger partial charge in [0.15, 0.2) is 11.5 Å². The van der Waals surface area contributed by atoms with Crippen LogP contribution in [0.15, 0.2) is 18.2 Å². The number of nitrogens with one attached hydrogen (secondary N) is 1. The minimum Gasteiger partial charge on any atom is -0.454 e. The molecule has 1 aliphatic heterocycles. The van der Waals surface area contributed by atoms with E-state index in [2.05, 4.69) is 52.1 Å². The van der Waals surface area contributed by atoms with E-state index in [1.54, 1.807) is 0 Å². The lowest BCUT2D eigenvalue weighted by atomic mass is 9.35. The number of rotatable bonds is 8. The van der Waals surface area contributed by atoms with E-state index in [0.29, 0.717) is 18.6 Å². The molecule has 4 saturated carbocycles. The van der Waals surface area contributed by atoms with Gasteiger partial charge in [-0.1, -0.05) is 40.7 Å². The van der Waals surface area contributed by atoms with Gasteiger partial charge in [-0.3, -0.25) is 0 Å². The van der Waals surface area contributed by atoms with E-state index in [9.17, 15) is 15.3 Å². The average molecular weight is 584 g/mol. The highest BCUT2D eigenvalue weighted by atomic mass is 16.7. The van der Waals surface area contributed by atoms with Crippen LogP contribution in [0.25, 0.3) is 0 Å². The number of aliphatic hydroxyl groups excluding tert-OH is 2. The first-order valence-electron chi connectivity index (χ1n) is 16.9. The molecule has 5 aliphatic rings. The molecule has 6 rings (SSSR count). The molecule has 236 valence electrons. The Labute approximate surface area is 254 Å². The molecule has 0 bridgehead atoms. The lowest BCUT2D eigenvalue weighted by molar-refractivity contribution is -0.246. The minimum absolute atomic E-state index is 0.0149. The second-order valence-corrected chi connectivity index (χ2v) is 16.5. The first-order chi connectivity index (χ1) is 19.7. The summed E-state index contributed by atoms with van der Waals surface area (Å²) < 4.78 is 10.9. The van der Waals surface area contributed by atoms with Crippen LogP contribution < -0.4 is 14.8 Å². The van der Waals surface area contributed by atoms with Crippen LogP contribution in [-0.2, 0) is 6.42 Å². The molecule has 42 heavy (non-hydrogen) atoms. The van der Waals surface area contributed by atoms with Gasteiger partial charge in [-0.05, 0) is 147 Å². The molecule has 0 saturated heterocycles. The van der Waals surface area contributed by atoms with E-state index in [-0.39, 0.29) is 45.7 Å². The van der Waals surface area contributed by atoms with Crippen molar-refractivity contribution in [3.05, 3.63) is 23.8 Å². The standard InChI is InChI=1S/C36H57NO5/c1-32(2)28-11-17-34(4)29(33(28,3)15-12-30(32)39)21-25(38)31-24(10-16-35(31,34)5)36(6,40)14-7-18-37-19-13-23-8-9-26-27(20-23)42-22-41-26/h8-9,20,24-25,28-31,37-40H,7,10-19,21-22H2,1-6H3/t24-,25+,28-,29+,30-,31-,33-,34+,35+,36-/m0/s1. The Bertz CT molecular complexity index is 1150. The van der Waals surface area contributed by atoms with Crippen LogP contribution in [0.5, 0.6) is 11.5 Å². The summed E-state index contributed by atoms with van der Waals surface area (Å²) in [5.41, 5.74) is 0.652. The molecule has 0 amide bonds. The molecule has 4 fully saturated rings. The summed E-state index contributed by atoms with van der Waals surface area (Å²) in [7, 11) is 0. The van der Waals surface area contributed by atoms with Crippen molar-refractivity contribution in [3.8, 4) is 11.5 Å². The molecule has 6 heteroatoms. The smallest absolute Gasteiger partial charge is 0.231 e. The van der Waals surface area contributed by atoms with Crippen molar-refractivity contribution in [3.63, 3.8) is 0 Å². The Kier molecular flexibility index (Phi) is 7.77. The molecule has 4 aliphatic carbocycles. The number of hydrogen-bond donors (Lipinski definition) is 4. The van der Waals surface area contributed by atoms with E-state index < -0.39 is 5.60 Å². The fourth-order valence-electron chi connectivity index (χ4n) is 11.7. The molecule has 0 unspecified atom stereocenters. The molecule has 4 N–H and O–H groups in total. The van der Waals surface area contributed by atoms with Gasteiger partial charge in [0.25, 0.3) is 0 Å². The SMILES string of the molecule is CC1(C)[C@@H](O)CC[C@]2(C)[C@H]3C[C@@H](O)[C@@H]4[C@@H]([C@@](C)(O)CCCNCCc5ccc6c(c5)OCO6)CC[C@@]4(C)[C@]3(C)CC[C@@H]12. The van der Waals surface area contributed by atoms with Gasteiger partial charge in [-0.2, -0.15) is 0 Å². The maximum absolute atomic E-state index is 11.9. The van der Waals surface area contributed by atoms with E-state index >= 15 is 0 Å². The summed E-state index contributed by atoms with van der Waals surface area (Å²) in [6.07, 6.45) is 9.14. The molecule has 1 aromatic carbocycles. The predicted octanol–water partition coefficient (Wildman–Crippen LogP) is 6.10. The maximum atomic E-state index is 11.9. The highest BCUT2D eigenvalue weighted by Gasteiger charge is 2.71. The molecular weight excluding hydrogens is 526 g/mol. The number of aliphatic hydroxyl groups is 3. The van der Waals surface area contributed by atoms with Crippen molar-refractivity contribution >= 4 is 0 Å². The lowest BCUT2D eigenvalue weighted by Crippen LogP contribution is -2.66. The third-order valence-corrected chi connectivity index (χ3v) is 14.2. The Morgan fingerprint density at radius 2 is 1.64 bits per heavy atom. The van der Waals surface area contributed by atoms with Crippen molar-refractivity contribution in [1.82, 2.24) is 5.32 Å². The van der Waals surface area contributed by atoms with Gasteiger partial charge in [-0.15, -0.1) is 0 Å². The number of benzene rings is 1. The Balaban J connectivity index is 1.08. The van der Waals surface area contributed by atoms with Gasteiger partial charge in [0.2, 0.25) is 6.79 Å². The first kappa shape index (κ1) is 30.7. The zero-order valence-corrected chi connectivity index (χ0v) is 27.0. The molecule has 1 heterocycles. The first-order valence-corrected chi connectivity index (χ1v) is 16.9. The highest BCUT2D eigenvalue weighted by molar-refractivity contribution is 5.44. The summed E-state index contributed by atoms with van der Waals surface area (Å²) in [5, 5.41) is 38.4. The van der Waals surface area contributed by atoms with Crippen molar-refractivity contribution in [2.24, 2.45) is 45.3 Å². The van der Waals surface area contributed by atoms with E-state index in [0.717, 1.165) is 88.8 Å². The summed E-state index contributed by atoms with van der Waals surface area (Å²) >= 11 is 0. The van der Waals surface area contributed by atoms with E-state index in [1.165, 1.54) is 5.56 Å². The average Bonchev–Trinajstić information content (AvgIpc) is 3.55. The molecule has 1 aromatic rings. The van der Waals surface area contributed by atoms with Gasteiger partial charge in [0.1, 0.15) is 0 Å². The normalized spacial score (nSPS) is 43.3. The highest BCUT2D eigenvalue weighted by Crippen LogP contribution is 2.75. The Hall–Kier alpha value is -1.34. The molecular formula is C36H57NO5. The third kappa shape index (κ3) is 4.64. The fraction of sp³-hybridized carbons (Fsp3) is 0.833. The number of fused-ring (bicyclic) bond motifs is 6. The van der Waals surface area contributed by atoms with Crippen LogP contribution in [-0.4, -0.2) is 53.0 Å². The van der Waals surface area contributed by atoms with E-state index in [1.807, 2.05) is 13.0 Å². The van der Waals surface area contributed by atoms with Crippen molar-refractivity contribution in [2.45, 2.75) is 124 Å². The number of ether oxygens (including phenoxy) is 2. The lowest BCUT2D eigenvalue weighted by Gasteiger charge is -2.70. The summed E-state index contributed by atoms with van der Waals surface area (Å²) in [6.45, 7) is 16.2. The van der Waals surface area contributed by atoms with Crippen molar-refractivity contribution in [1.29, 1.82) is 0 Å². The Morgan fingerprint density at radius 3 is 2.43 bits per heavy atom. The minimum atomic E-state index is -0.788. The summed E-state index contributed by atoms with van der Waals surface area (Å²) in [6, 6.07) is 6.15. The van der Waals surface area contributed by atoms with Gasteiger partial charge in [0.05, 0.1) is 17.8 Å². The second-order valence-electron chi connectivity index (χ2n) is 16.5. The van der Waals surface area contributed by atoms with Crippen molar-refractivity contribution in [2.75, 3.05) is 19.9 Å².